The second kappa shape index (κ2) is 9.33. The molecule has 0 aliphatic carbocycles. The van der Waals surface area contributed by atoms with Crippen molar-refractivity contribution in [2.24, 2.45) is 0 Å². The SMILES string of the molecule is COc1cc2c(cc1OC)-c1ccccc1COC[C@H](Cc1ccccc1)N(C)C2. The third kappa shape index (κ3) is 4.35. The minimum Gasteiger partial charge on any atom is -0.493 e. The monoisotopic (exact) mass is 403 g/mol. The van der Waals surface area contributed by atoms with Crippen molar-refractivity contribution in [3.8, 4) is 22.6 Å². The maximum Gasteiger partial charge on any atom is 0.161 e. The topological polar surface area (TPSA) is 30.9 Å². The molecule has 3 aromatic rings. The fraction of sp³-hybridized carbons (Fsp3) is 0.308. The molecular formula is C26H29NO3. The Morgan fingerprint density at radius 1 is 0.867 bits per heavy atom. The van der Waals surface area contributed by atoms with Crippen molar-refractivity contribution in [1.29, 1.82) is 0 Å². The second-order valence-electron chi connectivity index (χ2n) is 7.80. The molecule has 30 heavy (non-hydrogen) atoms. The lowest BCUT2D eigenvalue weighted by molar-refractivity contribution is 0.0570. The van der Waals surface area contributed by atoms with Crippen LogP contribution in [0.15, 0.2) is 66.7 Å². The fourth-order valence-electron chi connectivity index (χ4n) is 4.14. The van der Waals surface area contributed by atoms with Gasteiger partial charge in [0, 0.05) is 12.6 Å². The highest BCUT2D eigenvalue weighted by atomic mass is 16.5. The fourth-order valence-corrected chi connectivity index (χ4v) is 4.14. The van der Waals surface area contributed by atoms with Gasteiger partial charge in [0.15, 0.2) is 11.5 Å². The molecule has 0 amide bonds. The van der Waals surface area contributed by atoms with Gasteiger partial charge in [-0.3, -0.25) is 4.90 Å². The summed E-state index contributed by atoms with van der Waals surface area (Å²) in [5, 5.41) is 0. The van der Waals surface area contributed by atoms with Crippen molar-refractivity contribution in [1.82, 2.24) is 4.90 Å². The molecule has 0 saturated carbocycles. The molecule has 4 heteroatoms. The van der Waals surface area contributed by atoms with E-state index in [-0.39, 0.29) is 6.04 Å². The van der Waals surface area contributed by atoms with Gasteiger partial charge in [0.25, 0.3) is 0 Å². The molecule has 0 unspecified atom stereocenters. The van der Waals surface area contributed by atoms with Crippen LogP contribution in [0.1, 0.15) is 16.7 Å². The summed E-state index contributed by atoms with van der Waals surface area (Å²) < 4.78 is 17.4. The molecule has 156 valence electrons. The highest BCUT2D eigenvalue weighted by Gasteiger charge is 2.22. The molecular weight excluding hydrogens is 374 g/mol. The van der Waals surface area contributed by atoms with E-state index >= 15 is 0 Å². The number of benzene rings is 3. The molecule has 0 spiro atoms. The average Bonchev–Trinajstić information content (AvgIpc) is 2.78. The normalized spacial score (nSPS) is 17.0. The molecule has 1 heterocycles. The summed E-state index contributed by atoms with van der Waals surface area (Å²) in [6.45, 7) is 2.07. The summed E-state index contributed by atoms with van der Waals surface area (Å²) in [6.07, 6.45) is 0.946. The number of methoxy groups -OCH3 is 2. The van der Waals surface area contributed by atoms with Crippen molar-refractivity contribution in [3.63, 3.8) is 0 Å². The van der Waals surface area contributed by atoms with Crippen LogP contribution in [0.4, 0.5) is 0 Å². The molecule has 0 saturated heterocycles. The molecule has 0 fully saturated rings. The van der Waals surface area contributed by atoms with Crippen molar-refractivity contribution < 1.29 is 14.2 Å². The molecule has 3 aromatic carbocycles. The summed E-state index contributed by atoms with van der Waals surface area (Å²) in [5.41, 5.74) is 6.09. The van der Waals surface area contributed by atoms with Crippen molar-refractivity contribution in [3.05, 3.63) is 83.4 Å². The Bertz CT molecular complexity index is 987. The molecule has 1 aliphatic rings. The Morgan fingerprint density at radius 3 is 2.33 bits per heavy atom. The molecule has 1 atom stereocenters. The summed E-state index contributed by atoms with van der Waals surface area (Å²) in [5.74, 6) is 1.50. The Hall–Kier alpha value is -2.82. The van der Waals surface area contributed by atoms with Gasteiger partial charge < -0.3 is 14.2 Å². The second-order valence-corrected chi connectivity index (χ2v) is 7.80. The average molecular weight is 404 g/mol. The number of likely N-dealkylation sites (N-methyl/N-ethyl adjacent to an activating group) is 1. The minimum atomic E-state index is 0.276. The van der Waals surface area contributed by atoms with Gasteiger partial charge in [-0.15, -0.1) is 0 Å². The Morgan fingerprint density at radius 2 is 1.57 bits per heavy atom. The maximum atomic E-state index is 6.21. The zero-order valence-electron chi connectivity index (χ0n) is 17.9. The van der Waals surface area contributed by atoms with Crippen LogP contribution in [0, 0.1) is 0 Å². The zero-order chi connectivity index (χ0) is 20.9. The van der Waals surface area contributed by atoms with Crippen LogP contribution < -0.4 is 9.47 Å². The van der Waals surface area contributed by atoms with Crippen molar-refractivity contribution >= 4 is 0 Å². The van der Waals surface area contributed by atoms with Crippen molar-refractivity contribution in [2.45, 2.75) is 25.6 Å². The van der Waals surface area contributed by atoms with Crippen LogP contribution in [-0.2, 0) is 24.3 Å². The third-order valence-corrected chi connectivity index (χ3v) is 5.84. The number of rotatable bonds is 4. The van der Waals surface area contributed by atoms with E-state index in [0.717, 1.165) is 24.5 Å². The molecule has 4 nitrogen and oxygen atoms in total. The Balaban J connectivity index is 1.76. The van der Waals surface area contributed by atoms with E-state index in [0.29, 0.717) is 13.2 Å². The Labute approximate surface area is 179 Å². The van der Waals surface area contributed by atoms with E-state index in [1.807, 2.05) is 0 Å². The van der Waals surface area contributed by atoms with E-state index in [4.69, 9.17) is 14.2 Å². The number of nitrogens with zero attached hydrogens (tertiary/aromatic N) is 1. The first-order chi connectivity index (χ1) is 14.7. The maximum absolute atomic E-state index is 6.21. The summed E-state index contributed by atoms with van der Waals surface area (Å²) >= 11 is 0. The standard InChI is InChI=1S/C26H29NO3/c1-27-16-21-14-25(28-2)26(29-3)15-24(21)23-12-8-7-11-20(23)17-30-18-22(27)13-19-9-5-4-6-10-19/h4-12,14-15,22H,13,16-18H2,1-3H3/t22-/m0/s1. The first-order valence-corrected chi connectivity index (χ1v) is 10.3. The smallest absolute Gasteiger partial charge is 0.161 e. The zero-order valence-corrected chi connectivity index (χ0v) is 17.9. The third-order valence-electron chi connectivity index (χ3n) is 5.84. The van der Waals surface area contributed by atoms with Crippen molar-refractivity contribution in [2.75, 3.05) is 27.9 Å². The lowest BCUT2D eigenvalue weighted by Gasteiger charge is -2.31. The summed E-state index contributed by atoms with van der Waals surface area (Å²) in [6, 6.07) is 23.6. The van der Waals surface area contributed by atoms with E-state index in [9.17, 15) is 0 Å². The lowest BCUT2D eigenvalue weighted by Crippen LogP contribution is -2.37. The van der Waals surface area contributed by atoms with Crippen LogP contribution in [0.2, 0.25) is 0 Å². The van der Waals surface area contributed by atoms with E-state index in [1.54, 1.807) is 14.2 Å². The van der Waals surface area contributed by atoms with E-state index < -0.39 is 0 Å². The molecule has 1 aliphatic heterocycles. The molecule has 0 bridgehead atoms. The minimum absolute atomic E-state index is 0.276. The highest BCUT2D eigenvalue weighted by Crippen LogP contribution is 2.38. The van der Waals surface area contributed by atoms with E-state index in [2.05, 4.69) is 78.7 Å². The Kier molecular flexibility index (Phi) is 6.36. The number of fused-ring (bicyclic) bond motifs is 3. The predicted octanol–water partition coefficient (Wildman–Crippen LogP) is 4.94. The molecule has 0 radical (unpaired) electrons. The predicted molar refractivity (Wildman–Crippen MR) is 120 cm³/mol. The molecule has 0 N–H and O–H groups in total. The van der Waals surface area contributed by atoms with Crippen LogP contribution in [0.25, 0.3) is 11.1 Å². The van der Waals surface area contributed by atoms with Gasteiger partial charge in [-0.2, -0.15) is 0 Å². The van der Waals surface area contributed by atoms with Gasteiger partial charge in [-0.05, 0) is 53.4 Å². The van der Waals surface area contributed by atoms with Gasteiger partial charge in [0.05, 0.1) is 27.4 Å². The van der Waals surface area contributed by atoms with Crippen LogP contribution in [0.3, 0.4) is 0 Å². The molecule has 4 rings (SSSR count). The van der Waals surface area contributed by atoms with Gasteiger partial charge in [0.2, 0.25) is 0 Å². The largest absolute Gasteiger partial charge is 0.493 e. The first-order valence-electron chi connectivity index (χ1n) is 10.3. The summed E-state index contributed by atoms with van der Waals surface area (Å²) in [4.78, 5) is 2.38. The van der Waals surface area contributed by atoms with Gasteiger partial charge >= 0.3 is 0 Å². The van der Waals surface area contributed by atoms with E-state index in [1.165, 1.54) is 27.8 Å². The first kappa shape index (κ1) is 20.5. The van der Waals surface area contributed by atoms with Gasteiger partial charge in [-0.1, -0.05) is 54.6 Å². The summed E-state index contributed by atoms with van der Waals surface area (Å²) in [7, 11) is 5.54. The number of ether oxygens (including phenoxy) is 3. The number of hydrogen-bond donors (Lipinski definition) is 0. The van der Waals surface area contributed by atoms with Crippen LogP contribution in [0.5, 0.6) is 11.5 Å². The van der Waals surface area contributed by atoms with Gasteiger partial charge in [-0.25, -0.2) is 0 Å². The van der Waals surface area contributed by atoms with Crippen LogP contribution >= 0.6 is 0 Å². The van der Waals surface area contributed by atoms with Crippen LogP contribution in [-0.4, -0.2) is 38.8 Å². The lowest BCUT2D eigenvalue weighted by atomic mass is 9.93. The quantitative estimate of drug-likeness (QED) is 0.617. The molecule has 0 aromatic heterocycles. The highest BCUT2D eigenvalue weighted by molar-refractivity contribution is 5.74. The van der Waals surface area contributed by atoms with Gasteiger partial charge in [0.1, 0.15) is 0 Å². The number of hydrogen-bond acceptors (Lipinski definition) is 4.